The average Bonchev–Trinajstić information content (AvgIpc) is 2.35. The Bertz CT molecular complexity index is 221. The monoisotopic (exact) mass is 157 g/mol. The summed E-state index contributed by atoms with van der Waals surface area (Å²) < 4.78 is 14.2. The number of hydrogen-bond donors (Lipinski definition) is 1. The van der Waals surface area contributed by atoms with Gasteiger partial charge in [-0.25, -0.2) is 4.39 Å². The predicted molar refractivity (Wildman–Crippen MR) is 40.9 cm³/mol. The summed E-state index contributed by atoms with van der Waals surface area (Å²) >= 11 is 0. The Morgan fingerprint density at radius 1 is 1.82 bits per heavy atom. The minimum absolute atomic E-state index is 0.0545. The molecule has 1 atom stereocenters. The third-order valence-corrected chi connectivity index (χ3v) is 1.40. The van der Waals surface area contributed by atoms with E-state index in [1.54, 1.807) is 17.1 Å². The highest BCUT2D eigenvalue weighted by Crippen LogP contribution is 1.97. The zero-order chi connectivity index (χ0) is 8.27. The first kappa shape index (κ1) is 8.20. The molecule has 0 bridgehead atoms. The normalized spacial score (nSPS) is 13.4. The van der Waals surface area contributed by atoms with Crippen LogP contribution in [-0.2, 0) is 6.54 Å². The van der Waals surface area contributed by atoms with Gasteiger partial charge in [0.2, 0.25) is 0 Å². The zero-order valence-corrected chi connectivity index (χ0v) is 6.50. The summed E-state index contributed by atoms with van der Waals surface area (Å²) in [6.07, 6.45) is 2.50. The van der Waals surface area contributed by atoms with E-state index in [-0.39, 0.29) is 13.1 Å². The number of aromatic nitrogens is 2. The lowest BCUT2D eigenvalue weighted by molar-refractivity contribution is 0.293. The van der Waals surface area contributed by atoms with Gasteiger partial charge < -0.3 is 5.73 Å². The molecule has 0 fully saturated rings. The highest BCUT2D eigenvalue weighted by molar-refractivity contribution is 4.99. The summed E-state index contributed by atoms with van der Waals surface area (Å²) in [5.74, 6) is 0. The van der Waals surface area contributed by atoms with E-state index in [0.29, 0.717) is 0 Å². The van der Waals surface area contributed by atoms with Crippen LogP contribution in [0.1, 0.15) is 5.56 Å². The van der Waals surface area contributed by atoms with E-state index in [4.69, 9.17) is 5.73 Å². The Kier molecular flexibility index (Phi) is 2.59. The van der Waals surface area contributed by atoms with Crippen LogP contribution in [0, 0.1) is 6.92 Å². The average molecular weight is 157 g/mol. The fourth-order valence-electron chi connectivity index (χ4n) is 0.844. The van der Waals surface area contributed by atoms with Crippen molar-refractivity contribution in [2.75, 3.05) is 6.54 Å². The van der Waals surface area contributed by atoms with Gasteiger partial charge >= 0.3 is 0 Å². The van der Waals surface area contributed by atoms with Gasteiger partial charge in [0.15, 0.2) is 0 Å². The molecule has 4 heteroatoms. The van der Waals surface area contributed by atoms with E-state index in [9.17, 15) is 4.39 Å². The van der Waals surface area contributed by atoms with Crippen molar-refractivity contribution in [2.24, 2.45) is 5.73 Å². The van der Waals surface area contributed by atoms with Gasteiger partial charge in [0.05, 0.1) is 12.7 Å². The molecule has 0 aliphatic heterocycles. The molecule has 1 rings (SSSR count). The summed E-state index contributed by atoms with van der Waals surface area (Å²) in [5.41, 5.74) is 6.15. The Morgan fingerprint density at radius 2 is 2.55 bits per heavy atom. The largest absolute Gasteiger partial charge is 0.328 e. The standard InChI is InChI=1S/C7H12FN3/c1-6-3-10-11(4-6)5-7(8)2-9/h3-4,7H,2,5,9H2,1H3. The highest BCUT2D eigenvalue weighted by atomic mass is 19.1. The molecule has 0 spiro atoms. The molecule has 0 aliphatic carbocycles. The lowest BCUT2D eigenvalue weighted by Crippen LogP contribution is -2.21. The topological polar surface area (TPSA) is 43.8 Å². The van der Waals surface area contributed by atoms with Crippen molar-refractivity contribution in [1.29, 1.82) is 0 Å². The molecular formula is C7H12FN3. The molecule has 0 saturated heterocycles. The lowest BCUT2D eigenvalue weighted by Gasteiger charge is -2.03. The molecule has 0 amide bonds. The summed E-state index contributed by atoms with van der Waals surface area (Å²) in [4.78, 5) is 0. The molecular weight excluding hydrogens is 145 g/mol. The van der Waals surface area contributed by atoms with Gasteiger partial charge in [0.25, 0.3) is 0 Å². The first-order valence-electron chi connectivity index (χ1n) is 3.55. The molecule has 1 aromatic heterocycles. The lowest BCUT2D eigenvalue weighted by atomic mass is 10.4. The summed E-state index contributed by atoms with van der Waals surface area (Å²) in [7, 11) is 0. The van der Waals surface area contributed by atoms with Crippen LogP contribution in [-0.4, -0.2) is 22.5 Å². The minimum atomic E-state index is -0.991. The molecule has 0 aliphatic rings. The third kappa shape index (κ3) is 2.31. The van der Waals surface area contributed by atoms with Crippen molar-refractivity contribution in [2.45, 2.75) is 19.6 Å². The molecule has 62 valence electrons. The summed E-state index contributed by atoms with van der Waals surface area (Å²) in [6, 6.07) is 0. The fourth-order valence-corrected chi connectivity index (χ4v) is 0.844. The Hall–Kier alpha value is -0.900. The van der Waals surface area contributed by atoms with E-state index in [1.807, 2.05) is 6.92 Å². The van der Waals surface area contributed by atoms with Crippen LogP contribution in [0.15, 0.2) is 12.4 Å². The third-order valence-electron chi connectivity index (χ3n) is 1.40. The van der Waals surface area contributed by atoms with Crippen LogP contribution >= 0.6 is 0 Å². The Balaban J connectivity index is 2.50. The number of hydrogen-bond acceptors (Lipinski definition) is 2. The van der Waals surface area contributed by atoms with Crippen molar-refractivity contribution in [3.8, 4) is 0 Å². The van der Waals surface area contributed by atoms with Crippen molar-refractivity contribution in [1.82, 2.24) is 9.78 Å². The van der Waals surface area contributed by atoms with Crippen molar-refractivity contribution < 1.29 is 4.39 Å². The van der Waals surface area contributed by atoms with Gasteiger partial charge in [0.1, 0.15) is 6.17 Å². The molecule has 3 nitrogen and oxygen atoms in total. The van der Waals surface area contributed by atoms with Gasteiger partial charge in [-0.2, -0.15) is 5.10 Å². The smallest absolute Gasteiger partial charge is 0.132 e. The number of rotatable bonds is 3. The number of aryl methyl sites for hydroxylation is 1. The predicted octanol–water partition coefficient (Wildman–Crippen LogP) is 0.488. The fraction of sp³-hybridized carbons (Fsp3) is 0.571. The second kappa shape index (κ2) is 3.48. The van der Waals surface area contributed by atoms with Crippen molar-refractivity contribution >= 4 is 0 Å². The van der Waals surface area contributed by atoms with Gasteiger partial charge in [-0.3, -0.25) is 4.68 Å². The van der Waals surface area contributed by atoms with Gasteiger partial charge in [-0.05, 0) is 12.5 Å². The number of nitrogens with zero attached hydrogens (tertiary/aromatic N) is 2. The van der Waals surface area contributed by atoms with Crippen LogP contribution < -0.4 is 5.73 Å². The van der Waals surface area contributed by atoms with Gasteiger partial charge in [-0.15, -0.1) is 0 Å². The second-order valence-corrected chi connectivity index (χ2v) is 2.57. The van der Waals surface area contributed by atoms with Crippen LogP contribution in [0.4, 0.5) is 4.39 Å². The van der Waals surface area contributed by atoms with Crippen LogP contribution in [0.25, 0.3) is 0 Å². The minimum Gasteiger partial charge on any atom is -0.328 e. The molecule has 0 aromatic carbocycles. The number of nitrogens with two attached hydrogens (primary N) is 1. The Morgan fingerprint density at radius 3 is 3.00 bits per heavy atom. The zero-order valence-electron chi connectivity index (χ0n) is 6.50. The van der Waals surface area contributed by atoms with Crippen molar-refractivity contribution in [3.05, 3.63) is 18.0 Å². The van der Waals surface area contributed by atoms with Crippen LogP contribution in [0.2, 0.25) is 0 Å². The number of halogens is 1. The number of alkyl halides is 1. The molecule has 1 heterocycles. The summed E-state index contributed by atoms with van der Waals surface area (Å²) in [5, 5.41) is 3.92. The van der Waals surface area contributed by atoms with Crippen LogP contribution in [0.3, 0.4) is 0 Å². The maximum absolute atomic E-state index is 12.6. The van der Waals surface area contributed by atoms with Crippen molar-refractivity contribution in [3.63, 3.8) is 0 Å². The molecule has 0 saturated carbocycles. The van der Waals surface area contributed by atoms with E-state index in [0.717, 1.165) is 5.56 Å². The molecule has 2 N–H and O–H groups in total. The van der Waals surface area contributed by atoms with Gasteiger partial charge in [0, 0.05) is 12.7 Å². The van der Waals surface area contributed by atoms with Crippen LogP contribution in [0.5, 0.6) is 0 Å². The first-order valence-corrected chi connectivity index (χ1v) is 3.55. The van der Waals surface area contributed by atoms with E-state index >= 15 is 0 Å². The molecule has 1 unspecified atom stereocenters. The molecule has 0 radical (unpaired) electrons. The van der Waals surface area contributed by atoms with Gasteiger partial charge in [-0.1, -0.05) is 0 Å². The summed E-state index contributed by atoms with van der Waals surface area (Å²) in [6.45, 7) is 2.22. The van der Waals surface area contributed by atoms with E-state index in [2.05, 4.69) is 5.10 Å². The highest BCUT2D eigenvalue weighted by Gasteiger charge is 2.04. The van der Waals surface area contributed by atoms with E-state index in [1.165, 1.54) is 0 Å². The molecule has 1 aromatic rings. The van der Waals surface area contributed by atoms with E-state index < -0.39 is 6.17 Å². The SMILES string of the molecule is Cc1cnn(CC(F)CN)c1. The maximum atomic E-state index is 12.6. The first-order chi connectivity index (χ1) is 5.22. The maximum Gasteiger partial charge on any atom is 0.132 e. The quantitative estimate of drug-likeness (QED) is 0.693. The Labute approximate surface area is 65.0 Å². The second-order valence-electron chi connectivity index (χ2n) is 2.57. The molecule has 11 heavy (non-hydrogen) atoms.